The predicted molar refractivity (Wildman–Crippen MR) is 63.0 cm³/mol. The van der Waals surface area contributed by atoms with Crippen molar-refractivity contribution in [2.24, 2.45) is 0 Å². The maximum atomic E-state index is 11.3. The Bertz CT molecular complexity index is 356. The molecule has 1 aromatic carbocycles. The van der Waals surface area contributed by atoms with Gasteiger partial charge in [0.15, 0.2) is 0 Å². The molecule has 15 heavy (non-hydrogen) atoms. The van der Waals surface area contributed by atoms with Gasteiger partial charge in [-0.1, -0.05) is 39.8 Å². The van der Waals surface area contributed by atoms with Crippen LogP contribution in [0.15, 0.2) is 18.2 Å². The van der Waals surface area contributed by atoms with Crippen LogP contribution in [-0.2, 0) is 6.54 Å². The Balaban J connectivity index is 0.000000531. The minimum Gasteiger partial charge on any atom is -0.348 e. The van der Waals surface area contributed by atoms with Gasteiger partial charge in [0.2, 0.25) is 0 Å². The molecule has 0 radical (unpaired) electrons. The van der Waals surface area contributed by atoms with Crippen LogP contribution in [0.4, 0.5) is 0 Å². The average molecular weight is 205 g/mol. The highest BCUT2D eigenvalue weighted by atomic mass is 16.1. The fourth-order valence-electron chi connectivity index (χ4n) is 1.82. The number of fused-ring (bicyclic) bond motifs is 1. The molecule has 0 aliphatic carbocycles. The van der Waals surface area contributed by atoms with E-state index in [-0.39, 0.29) is 5.91 Å². The molecule has 1 aliphatic heterocycles. The Morgan fingerprint density at radius 1 is 1.27 bits per heavy atom. The van der Waals surface area contributed by atoms with Crippen molar-refractivity contribution in [3.8, 4) is 0 Å². The second-order valence-corrected chi connectivity index (χ2v) is 3.71. The highest BCUT2D eigenvalue weighted by Crippen LogP contribution is 2.25. The molecule has 1 aliphatic rings. The van der Waals surface area contributed by atoms with Crippen LogP contribution in [0.3, 0.4) is 0 Å². The first-order chi connectivity index (χ1) is 7.20. The van der Waals surface area contributed by atoms with Crippen LogP contribution in [0.5, 0.6) is 0 Å². The van der Waals surface area contributed by atoms with E-state index in [1.54, 1.807) is 0 Å². The summed E-state index contributed by atoms with van der Waals surface area (Å²) in [5.74, 6) is 0.556. The Morgan fingerprint density at radius 2 is 1.93 bits per heavy atom. The molecule has 2 rings (SSSR count). The van der Waals surface area contributed by atoms with Crippen molar-refractivity contribution in [2.75, 3.05) is 0 Å². The molecular formula is C13H19NO. The average Bonchev–Trinajstić information content (AvgIpc) is 2.63. The fraction of sp³-hybridized carbons (Fsp3) is 0.462. The molecule has 0 atom stereocenters. The minimum absolute atomic E-state index is 0.0671. The Kier molecular flexibility index (Phi) is 3.89. The Morgan fingerprint density at radius 3 is 2.53 bits per heavy atom. The molecule has 0 fully saturated rings. The zero-order valence-electron chi connectivity index (χ0n) is 9.92. The monoisotopic (exact) mass is 205 g/mol. The van der Waals surface area contributed by atoms with E-state index in [9.17, 15) is 4.79 Å². The third-order valence-corrected chi connectivity index (χ3v) is 2.50. The SMILES string of the molecule is CC.CC(C)c1cccc2c1CNC2=O. The van der Waals surface area contributed by atoms with E-state index in [1.807, 2.05) is 26.0 Å². The van der Waals surface area contributed by atoms with Crippen molar-refractivity contribution >= 4 is 5.91 Å². The number of amides is 1. The van der Waals surface area contributed by atoms with Crippen molar-refractivity contribution in [3.05, 3.63) is 34.9 Å². The van der Waals surface area contributed by atoms with E-state index in [2.05, 4.69) is 25.2 Å². The van der Waals surface area contributed by atoms with Crippen LogP contribution < -0.4 is 5.32 Å². The number of nitrogens with one attached hydrogen (secondary N) is 1. The van der Waals surface area contributed by atoms with Crippen molar-refractivity contribution in [1.29, 1.82) is 0 Å². The molecule has 0 bridgehead atoms. The maximum absolute atomic E-state index is 11.3. The second-order valence-electron chi connectivity index (χ2n) is 3.71. The van der Waals surface area contributed by atoms with Crippen LogP contribution in [0.25, 0.3) is 0 Å². The van der Waals surface area contributed by atoms with Crippen molar-refractivity contribution in [2.45, 2.75) is 40.2 Å². The standard InChI is InChI=1S/C11H13NO.C2H6/c1-7(2)8-4-3-5-9-10(8)6-12-11(9)13;1-2/h3-5,7H,6H2,1-2H3,(H,12,13);1-2H3. The fourth-order valence-corrected chi connectivity index (χ4v) is 1.82. The van der Waals surface area contributed by atoms with Gasteiger partial charge in [-0.3, -0.25) is 4.79 Å². The van der Waals surface area contributed by atoms with Gasteiger partial charge in [-0.2, -0.15) is 0 Å². The summed E-state index contributed by atoms with van der Waals surface area (Å²) in [6, 6.07) is 5.95. The van der Waals surface area contributed by atoms with Gasteiger partial charge < -0.3 is 5.32 Å². The molecule has 2 heteroatoms. The van der Waals surface area contributed by atoms with Crippen LogP contribution in [0, 0.1) is 0 Å². The van der Waals surface area contributed by atoms with Crippen LogP contribution in [-0.4, -0.2) is 5.91 Å². The Labute approximate surface area is 91.7 Å². The summed E-state index contributed by atoms with van der Waals surface area (Å²) in [5, 5.41) is 2.84. The van der Waals surface area contributed by atoms with Crippen LogP contribution in [0.1, 0.15) is 55.1 Å². The van der Waals surface area contributed by atoms with E-state index in [4.69, 9.17) is 0 Å². The third-order valence-electron chi connectivity index (χ3n) is 2.50. The molecule has 82 valence electrons. The van der Waals surface area contributed by atoms with Gasteiger partial charge in [0.25, 0.3) is 5.91 Å². The van der Waals surface area contributed by atoms with Gasteiger partial charge in [-0.25, -0.2) is 0 Å². The lowest BCUT2D eigenvalue weighted by Gasteiger charge is -2.09. The molecule has 2 nitrogen and oxygen atoms in total. The van der Waals surface area contributed by atoms with Crippen LogP contribution >= 0.6 is 0 Å². The number of carbonyl (C=O) groups is 1. The number of carbonyl (C=O) groups excluding carboxylic acids is 1. The highest BCUT2D eigenvalue weighted by Gasteiger charge is 2.21. The number of hydrogen-bond acceptors (Lipinski definition) is 1. The predicted octanol–water partition coefficient (Wildman–Crippen LogP) is 3.08. The van der Waals surface area contributed by atoms with E-state index in [1.165, 1.54) is 11.1 Å². The van der Waals surface area contributed by atoms with Gasteiger partial charge in [0.1, 0.15) is 0 Å². The maximum Gasteiger partial charge on any atom is 0.251 e. The van der Waals surface area contributed by atoms with Gasteiger partial charge >= 0.3 is 0 Å². The summed E-state index contributed by atoms with van der Waals surface area (Å²) in [6.07, 6.45) is 0. The van der Waals surface area contributed by atoms with Gasteiger partial charge in [0.05, 0.1) is 0 Å². The lowest BCUT2D eigenvalue weighted by atomic mass is 9.95. The summed E-state index contributed by atoms with van der Waals surface area (Å²) in [7, 11) is 0. The quantitative estimate of drug-likeness (QED) is 0.750. The molecule has 0 aromatic heterocycles. The highest BCUT2D eigenvalue weighted by molar-refractivity contribution is 5.98. The lowest BCUT2D eigenvalue weighted by molar-refractivity contribution is 0.0966. The van der Waals surface area contributed by atoms with Crippen molar-refractivity contribution in [1.82, 2.24) is 5.32 Å². The van der Waals surface area contributed by atoms with Crippen LogP contribution in [0.2, 0.25) is 0 Å². The zero-order chi connectivity index (χ0) is 11.4. The summed E-state index contributed by atoms with van der Waals surface area (Å²) in [6.45, 7) is 9.00. The molecule has 1 amide bonds. The first-order valence-corrected chi connectivity index (χ1v) is 5.60. The molecule has 1 N–H and O–H groups in total. The summed E-state index contributed by atoms with van der Waals surface area (Å²) in [5.41, 5.74) is 3.32. The molecule has 0 saturated heterocycles. The first kappa shape index (κ1) is 11.8. The number of benzene rings is 1. The second kappa shape index (κ2) is 4.96. The largest absolute Gasteiger partial charge is 0.348 e. The van der Waals surface area contributed by atoms with E-state index < -0.39 is 0 Å². The number of hydrogen-bond donors (Lipinski definition) is 1. The molecular weight excluding hydrogens is 186 g/mol. The van der Waals surface area contributed by atoms with Gasteiger partial charge in [-0.05, 0) is 23.1 Å². The van der Waals surface area contributed by atoms with E-state index in [0.717, 1.165) is 5.56 Å². The molecule has 1 heterocycles. The first-order valence-electron chi connectivity index (χ1n) is 5.60. The molecule has 1 aromatic rings. The molecule has 0 saturated carbocycles. The topological polar surface area (TPSA) is 29.1 Å². The summed E-state index contributed by atoms with van der Waals surface area (Å²) in [4.78, 5) is 11.3. The van der Waals surface area contributed by atoms with E-state index >= 15 is 0 Å². The normalized spacial score (nSPS) is 13.0. The summed E-state index contributed by atoms with van der Waals surface area (Å²) >= 11 is 0. The Hall–Kier alpha value is -1.31. The lowest BCUT2D eigenvalue weighted by Crippen LogP contribution is -2.12. The number of rotatable bonds is 1. The molecule has 0 unspecified atom stereocenters. The minimum atomic E-state index is 0.0671. The summed E-state index contributed by atoms with van der Waals surface area (Å²) < 4.78 is 0. The molecule has 0 spiro atoms. The smallest absolute Gasteiger partial charge is 0.251 e. The van der Waals surface area contributed by atoms with Crippen molar-refractivity contribution in [3.63, 3.8) is 0 Å². The van der Waals surface area contributed by atoms with E-state index in [0.29, 0.717) is 12.5 Å². The third kappa shape index (κ3) is 2.20. The van der Waals surface area contributed by atoms with Gasteiger partial charge in [-0.15, -0.1) is 0 Å². The van der Waals surface area contributed by atoms with Crippen molar-refractivity contribution < 1.29 is 4.79 Å². The zero-order valence-corrected chi connectivity index (χ0v) is 9.92. The van der Waals surface area contributed by atoms with Gasteiger partial charge in [0, 0.05) is 12.1 Å².